The number of carbonyl (C=O) groups excluding carboxylic acids is 1. The zero-order valence-corrected chi connectivity index (χ0v) is 48.9. The number of hydrogen-bond acceptors (Lipinski definition) is 6. The standard InChI is InChI=1S/C62H120NO7P/c1-6-8-10-12-14-16-18-20-22-24-26-28-30-32-33-35-37-39-41-43-45-47-49-51-53-55-62(64)70-61(60-69-71(65,66)68-58-56-63(3,4)5)59-67-57-54-52-50-48-46-44-42-40-38-36-34-31-29-27-25-23-21-19-17-15-13-11-9-7-2/h19,21,25,27,31,34,61H,6-18,20,22-24,26,28-30,32-33,35-60H2,1-5H3/p+1/b21-19-,27-25-,34-31-. The highest BCUT2D eigenvalue weighted by atomic mass is 31.2. The summed E-state index contributed by atoms with van der Waals surface area (Å²) in [5.74, 6) is -0.309. The highest BCUT2D eigenvalue weighted by Crippen LogP contribution is 2.43. The Hall–Kier alpha value is -1.28. The largest absolute Gasteiger partial charge is 0.472 e. The molecule has 8 nitrogen and oxygen atoms in total. The van der Waals surface area contributed by atoms with Crippen LogP contribution < -0.4 is 0 Å². The summed E-state index contributed by atoms with van der Waals surface area (Å²) in [4.78, 5) is 23.1. The zero-order chi connectivity index (χ0) is 51.9. The third kappa shape index (κ3) is 59.5. The molecule has 71 heavy (non-hydrogen) atoms. The number of allylic oxidation sites excluding steroid dienone is 6. The second-order valence-electron chi connectivity index (χ2n) is 22.1. The molecule has 0 aliphatic rings. The van der Waals surface area contributed by atoms with Crippen LogP contribution in [0, 0.1) is 0 Å². The van der Waals surface area contributed by atoms with Gasteiger partial charge in [0.05, 0.1) is 34.4 Å². The van der Waals surface area contributed by atoms with Gasteiger partial charge < -0.3 is 18.9 Å². The van der Waals surface area contributed by atoms with E-state index in [4.69, 9.17) is 18.5 Å². The quantitative estimate of drug-likeness (QED) is 0.0213. The molecule has 0 rings (SSSR count). The van der Waals surface area contributed by atoms with E-state index in [0.717, 1.165) is 44.9 Å². The number of unbranched alkanes of at least 4 members (excludes halogenated alkanes) is 38. The third-order valence-corrected chi connectivity index (χ3v) is 14.7. The minimum atomic E-state index is -4.29. The molecule has 0 spiro atoms. The fourth-order valence-electron chi connectivity index (χ4n) is 8.98. The molecule has 0 saturated heterocycles. The smallest absolute Gasteiger partial charge is 0.457 e. The normalized spacial score (nSPS) is 13.6. The van der Waals surface area contributed by atoms with E-state index >= 15 is 0 Å². The van der Waals surface area contributed by atoms with Crippen LogP contribution in [0.2, 0.25) is 0 Å². The van der Waals surface area contributed by atoms with Crippen LogP contribution in [-0.2, 0) is 27.9 Å². The molecule has 0 aromatic rings. The van der Waals surface area contributed by atoms with E-state index in [1.165, 1.54) is 231 Å². The van der Waals surface area contributed by atoms with Gasteiger partial charge in [0, 0.05) is 13.0 Å². The van der Waals surface area contributed by atoms with Crippen molar-refractivity contribution in [2.75, 3.05) is 54.1 Å². The first-order valence-electron chi connectivity index (χ1n) is 30.7. The molecule has 0 aromatic heterocycles. The second kappa shape index (κ2) is 55.0. The molecular weight excluding hydrogens is 902 g/mol. The first-order valence-corrected chi connectivity index (χ1v) is 32.2. The van der Waals surface area contributed by atoms with Gasteiger partial charge in [-0.3, -0.25) is 13.8 Å². The zero-order valence-electron chi connectivity index (χ0n) is 48.0. The maximum Gasteiger partial charge on any atom is 0.472 e. The van der Waals surface area contributed by atoms with Crippen LogP contribution in [0.4, 0.5) is 0 Å². The summed E-state index contributed by atoms with van der Waals surface area (Å²) in [7, 11) is 1.68. The monoisotopic (exact) mass is 1020 g/mol. The number of phosphoric ester groups is 1. The van der Waals surface area contributed by atoms with Gasteiger partial charge in [0.1, 0.15) is 19.3 Å². The predicted octanol–water partition coefficient (Wildman–Crippen LogP) is 19.6. The number of likely N-dealkylation sites (N-methyl/N-ethyl adjacent to an activating group) is 1. The van der Waals surface area contributed by atoms with E-state index in [1.54, 1.807) is 0 Å². The highest BCUT2D eigenvalue weighted by molar-refractivity contribution is 7.47. The number of carbonyl (C=O) groups is 1. The molecule has 0 radical (unpaired) electrons. The number of quaternary nitrogens is 1. The van der Waals surface area contributed by atoms with Crippen LogP contribution in [0.3, 0.4) is 0 Å². The van der Waals surface area contributed by atoms with E-state index in [9.17, 15) is 14.3 Å². The average molecular weight is 1020 g/mol. The van der Waals surface area contributed by atoms with Crippen molar-refractivity contribution in [2.24, 2.45) is 0 Å². The summed E-state index contributed by atoms with van der Waals surface area (Å²) < 4.78 is 35.3. The van der Waals surface area contributed by atoms with Gasteiger partial charge in [-0.15, -0.1) is 0 Å². The Labute approximate surface area is 442 Å². The molecule has 1 N–H and O–H groups in total. The number of phosphoric acid groups is 1. The van der Waals surface area contributed by atoms with Crippen molar-refractivity contribution in [3.8, 4) is 0 Å². The lowest BCUT2D eigenvalue weighted by molar-refractivity contribution is -0.870. The molecule has 420 valence electrons. The highest BCUT2D eigenvalue weighted by Gasteiger charge is 2.26. The molecule has 0 heterocycles. The Bertz CT molecular complexity index is 1230. The van der Waals surface area contributed by atoms with Crippen molar-refractivity contribution in [1.82, 2.24) is 0 Å². The van der Waals surface area contributed by atoms with Crippen molar-refractivity contribution in [1.29, 1.82) is 0 Å². The summed E-state index contributed by atoms with van der Waals surface area (Å²) in [5.41, 5.74) is 0. The Kier molecular flexibility index (Phi) is 54.0. The Morgan fingerprint density at radius 1 is 0.437 bits per heavy atom. The number of rotatable bonds is 58. The van der Waals surface area contributed by atoms with Crippen molar-refractivity contribution >= 4 is 13.8 Å². The van der Waals surface area contributed by atoms with Crippen LogP contribution in [-0.4, -0.2) is 75.6 Å². The van der Waals surface area contributed by atoms with E-state index in [0.29, 0.717) is 24.1 Å². The van der Waals surface area contributed by atoms with Crippen molar-refractivity contribution in [3.05, 3.63) is 36.5 Å². The van der Waals surface area contributed by atoms with E-state index < -0.39 is 13.9 Å². The molecule has 0 aliphatic heterocycles. The minimum absolute atomic E-state index is 0.0890. The lowest BCUT2D eigenvalue weighted by atomic mass is 10.0. The summed E-state index contributed by atoms with van der Waals surface area (Å²) in [6, 6.07) is 0. The van der Waals surface area contributed by atoms with Crippen molar-refractivity contribution in [3.63, 3.8) is 0 Å². The number of hydrogen-bond donors (Lipinski definition) is 1. The Balaban J connectivity index is 4.03. The van der Waals surface area contributed by atoms with Gasteiger partial charge in [0.15, 0.2) is 0 Å². The van der Waals surface area contributed by atoms with Crippen LogP contribution >= 0.6 is 7.82 Å². The molecule has 0 aromatic carbocycles. The summed E-state index contributed by atoms with van der Waals surface area (Å²) in [6.45, 7) is 5.66. The van der Waals surface area contributed by atoms with E-state index in [2.05, 4.69) is 50.3 Å². The van der Waals surface area contributed by atoms with E-state index in [1.807, 2.05) is 21.1 Å². The summed E-state index contributed by atoms with van der Waals surface area (Å²) in [6.07, 6.45) is 69.3. The lowest BCUT2D eigenvalue weighted by Crippen LogP contribution is -2.37. The Morgan fingerprint density at radius 3 is 1.15 bits per heavy atom. The molecule has 9 heteroatoms. The third-order valence-electron chi connectivity index (χ3n) is 13.7. The van der Waals surface area contributed by atoms with Crippen LogP contribution in [0.5, 0.6) is 0 Å². The van der Waals surface area contributed by atoms with Gasteiger partial charge in [0.2, 0.25) is 0 Å². The van der Waals surface area contributed by atoms with Crippen LogP contribution in [0.25, 0.3) is 0 Å². The molecule has 2 atom stereocenters. The van der Waals surface area contributed by atoms with Gasteiger partial charge in [-0.05, 0) is 51.4 Å². The van der Waals surface area contributed by atoms with Crippen molar-refractivity contribution in [2.45, 2.75) is 302 Å². The van der Waals surface area contributed by atoms with Gasteiger partial charge in [-0.2, -0.15) is 0 Å². The first kappa shape index (κ1) is 69.7. The van der Waals surface area contributed by atoms with Gasteiger partial charge in [-0.25, -0.2) is 4.57 Å². The van der Waals surface area contributed by atoms with Crippen LogP contribution in [0.1, 0.15) is 296 Å². The molecule has 0 aliphatic carbocycles. The number of nitrogens with zero attached hydrogens (tertiary/aromatic N) is 1. The molecule has 0 saturated carbocycles. The summed E-state index contributed by atoms with van der Waals surface area (Å²) in [5, 5.41) is 0. The summed E-state index contributed by atoms with van der Waals surface area (Å²) >= 11 is 0. The van der Waals surface area contributed by atoms with Crippen molar-refractivity contribution < 1.29 is 37.3 Å². The molecule has 0 bridgehead atoms. The fourth-order valence-corrected chi connectivity index (χ4v) is 9.72. The molecule has 0 amide bonds. The predicted molar refractivity (Wildman–Crippen MR) is 307 cm³/mol. The average Bonchev–Trinajstić information content (AvgIpc) is 3.33. The number of esters is 1. The SMILES string of the molecule is CCCCCCC/C=C\C/C=C\C/C=C\CCCCCCCCCCCOCC(COP(=O)(O)OCC[N+](C)(C)C)OC(=O)CCCCCCCCCCCCCCCCCCCCCCCCCCC. The molecule has 2 unspecified atom stereocenters. The van der Waals surface area contributed by atoms with Gasteiger partial charge in [0.25, 0.3) is 0 Å². The van der Waals surface area contributed by atoms with Gasteiger partial charge >= 0.3 is 13.8 Å². The molecular formula is C62H121NO7P+. The first-order chi connectivity index (χ1) is 34.6. The topological polar surface area (TPSA) is 91.3 Å². The van der Waals surface area contributed by atoms with Crippen LogP contribution in [0.15, 0.2) is 36.5 Å². The lowest BCUT2D eigenvalue weighted by Gasteiger charge is -2.24. The van der Waals surface area contributed by atoms with Gasteiger partial charge in [-0.1, -0.05) is 275 Å². The number of ether oxygens (including phenoxy) is 2. The fraction of sp³-hybridized carbons (Fsp3) is 0.887. The maximum absolute atomic E-state index is 12.8. The maximum atomic E-state index is 12.8. The molecule has 0 fully saturated rings. The second-order valence-corrected chi connectivity index (χ2v) is 23.5. The minimum Gasteiger partial charge on any atom is -0.457 e. The Morgan fingerprint density at radius 2 is 0.775 bits per heavy atom. The van der Waals surface area contributed by atoms with E-state index in [-0.39, 0.29) is 25.8 Å².